The van der Waals surface area contributed by atoms with Crippen LogP contribution in [0, 0.1) is 6.92 Å². The number of hydrogen-bond donors (Lipinski definition) is 1. The Hall–Kier alpha value is -1.52. The van der Waals surface area contributed by atoms with Crippen LogP contribution in [-0.2, 0) is 0 Å². The lowest BCUT2D eigenvalue weighted by Gasteiger charge is -2.36. The van der Waals surface area contributed by atoms with Crippen LogP contribution in [0.3, 0.4) is 0 Å². The number of benzene rings is 1. The van der Waals surface area contributed by atoms with Gasteiger partial charge in [-0.3, -0.25) is 4.79 Å². The maximum Gasteiger partial charge on any atom is 0.289 e. The largest absolute Gasteiger partial charge is 0.451 e. The van der Waals surface area contributed by atoms with E-state index in [0.29, 0.717) is 35.9 Å². The normalized spacial score (nSPS) is 22.8. The summed E-state index contributed by atoms with van der Waals surface area (Å²) in [5.41, 5.74) is 0.628. The van der Waals surface area contributed by atoms with Crippen LogP contribution in [0.25, 0.3) is 11.0 Å². The predicted octanol–water partition coefficient (Wildman–Crippen LogP) is 3.38. The lowest BCUT2D eigenvalue weighted by atomic mass is 9.95. The van der Waals surface area contributed by atoms with Crippen LogP contribution >= 0.6 is 11.6 Å². The molecule has 112 valence electrons. The lowest BCUT2D eigenvalue weighted by molar-refractivity contribution is -0.0117. The van der Waals surface area contributed by atoms with Gasteiger partial charge in [0.2, 0.25) is 0 Å². The number of carbonyl (C=O) groups excluding carboxylic acids is 1. The third kappa shape index (κ3) is 2.65. The van der Waals surface area contributed by atoms with Gasteiger partial charge in [0.05, 0.1) is 5.60 Å². The van der Waals surface area contributed by atoms with Gasteiger partial charge in [-0.1, -0.05) is 11.6 Å². The van der Waals surface area contributed by atoms with Crippen LogP contribution in [0.1, 0.15) is 35.9 Å². The molecule has 1 saturated heterocycles. The molecule has 21 heavy (non-hydrogen) atoms. The molecule has 0 saturated carbocycles. The van der Waals surface area contributed by atoms with Crippen molar-refractivity contribution in [2.24, 2.45) is 0 Å². The van der Waals surface area contributed by atoms with Gasteiger partial charge in [-0.05, 0) is 44.9 Å². The van der Waals surface area contributed by atoms with Crippen molar-refractivity contribution in [2.75, 3.05) is 13.1 Å². The molecule has 5 heteroatoms. The van der Waals surface area contributed by atoms with Gasteiger partial charge in [0.25, 0.3) is 5.91 Å². The molecular weight excluding hydrogens is 290 g/mol. The van der Waals surface area contributed by atoms with Crippen molar-refractivity contribution in [3.8, 4) is 0 Å². The van der Waals surface area contributed by atoms with E-state index in [0.717, 1.165) is 17.4 Å². The summed E-state index contributed by atoms with van der Waals surface area (Å²) in [7, 11) is 0. The number of nitrogens with zero attached hydrogens (tertiary/aromatic N) is 1. The van der Waals surface area contributed by atoms with Crippen LogP contribution < -0.4 is 0 Å². The molecule has 3 rings (SSSR count). The highest BCUT2D eigenvalue weighted by atomic mass is 35.5. The Kier molecular flexibility index (Phi) is 3.46. The SMILES string of the molecule is Cc1c(C(=O)N2CCCC(C)(O)C2)oc2ccc(Cl)cc12. The summed E-state index contributed by atoms with van der Waals surface area (Å²) < 4.78 is 5.71. The summed E-state index contributed by atoms with van der Waals surface area (Å²) >= 11 is 6.00. The average molecular weight is 308 g/mol. The summed E-state index contributed by atoms with van der Waals surface area (Å²) in [6.45, 7) is 4.60. The van der Waals surface area contributed by atoms with Gasteiger partial charge in [-0.15, -0.1) is 0 Å². The number of piperidine rings is 1. The van der Waals surface area contributed by atoms with Crippen molar-refractivity contribution in [2.45, 2.75) is 32.3 Å². The van der Waals surface area contributed by atoms with Crippen molar-refractivity contribution in [3.05, 3.63) is 34.5 Å². The number of halogens is 1. The van der Waals surface area contributed by atoms with Crippen LogP contribution in [0.4, 0.5) is 0 Å². The van der Waals surface area contributed by atoms with Gasteiger partial charge in [0.1, 0.15) is 5.58 Å². The molecule has 0 radical (unpaired) electrons. The first-order valence-corrected chi connectivity index (χ1v) is 7.45. The van der Waals surface area contributed by atoms with E-state index in [-0.39, 0.29) is 5.91 Å². The summed E-state index contributed by atoms with van der Waals surface area (Å²) in [6, 6.07) is 5.32. The molecule has 2 aromatic rings. The zero-order valence-electron chi connectivity index (χ0n) is 12.1. The molecule has 1 atom stereocenters. The number of likely N-dealkylation sites (tertiary alicyclic amines) is 1. The van der Waals surface area contributed by atoms with Gasteiger partial charge >= 0.3 is 0 Å². The molecule has 1 aromatic carbocycles. The number of β-amino-alcohol motifs (C(OH)–C–C–N with tert-alkyl or cyclic N) is 1. The van der Waals surface area contributed by atoms with Crippen molar-refractivity contribution >= 4 is 28.5 Å². The summed E-state index contributed by atoms with van der Waals surface area (Å²) in [5.74, 6) is 0.171. The van der Waals surface area contributed by atoms with E-state index in [9.17, 15) is 9.90 Å². The Balaban J connectivity index is 1.96. The molecule has 0 aliphatic carbocycles. The maximum atomic E-state index is 12.7. The second-order valence-corrected chi connectivity index (χ2v) is 6.46. The topological polar surface area (TPSA) is 53.7 Å². The smallest absolute Gasteiger partial charge is 0.289 e. The molecule has 1 N–H and O–H groups in total. The molecule has 1 unspecified atom stereocenters. The van der Waals surface area contributed by atoms with E-state index in [1.165, 1.54) is 0 Å². The quantitative estimate of drug-likeness (QED) is 0.878. The number of amides is 1. The van der Waals surface area contributed by atoms with E-state index in [2.05, 4.69) is 0 Å². The highest BCUT2D eigenvalue weighted by molar-refractivity contribution is 6.31. The Bertz CT molecular complexity index is 705. The summed E-state index contributed by atoms with van der Waals surface area (Å²) in [4.78, 5) is 14.3. The molecule has 1 aliphatic rings. The number of fused-ring (bicyclic) bond motifs is 1. The number of aryl methyl sites for hydroxylation is 1. The van der Waals surface area contributed by atoms with Crippen LogP contribution in [-0.4, -0.2) is 34.6 Å². The maximum absolute atomic E-state index is 12.7. The van der Waals surface area contributed by atoms with Crippen LogP contribution in [0.15, 0.2) is 22.6 Å². The van der Waals surface area contributed by atoms with Gasteiger partial charge in [-0.2, -0.15) is 0 Å². The van der Waals surface area contributed by atoms with Gasteiger partial charge in [0, 0.05) is 29.1 Å². The van der Waals surface area contributed by atoms with Crippen molar-refractivity contribution in [3.63, 3.8) is 0 Å². The van der Waals surface area contributed by atoms with E-state index >= 15 is 0 Å². The zero-order valence-corrected chi connectivity index (χ0v) is 12.9. The Morgan fingerprint density at radius 3 is 2.95 bits per heavy atom. The number of carbonyl (C=O) groups is 1. The molecule has 2 heterocycles. The van der Waals surface area contributed by atoms with Gasteiger partial charge in [-0.25, -0.2) is 0 Å². The fourth-order valence-electron chi connectivity index (χ4n) is 2.93. The first-order valence-electron chi connectivity index (χ1n) is 7.08. The number of furan rings is 1. The van der Waals surface area contributed by atoms with Gasteiger partial charge < -0.3 is 14.4 Å². The standard InChI is InChI=1S/C16H18ClNO3/c1-10-12-8-11(17)4-5-13(12)21-14(10)15(19)18-7-3-6-16(2,20)9-18/h4-5,8,20H,3,6-7,9H2,1-2H3. The number of aliphatic hydroxyl groups is 1. The van der Waals surface area contributed by atoms with Crippen LogP contribution in [0.2, 0.25) is 5.02 Å². The second kappa shape index (κ2) is 5.04. The molecule has 1 aliphatic heterocycles. The molecule has 0 bridgehead atoms. The molecule has 0 spiro atoms. The first-order chi connectivity index (χ1) is 9.87. The minimum atomic E-state index is -0.822. The van der Waals surface area contributed by atoms with Crippen molar-refractivity contribution < 1.29 is 14.3 Å². The first kappa shape index (κ1) is 14.4. The Morgan fingerprint density at radius 1 is 1.48 bits per heavy atom. The fraction of sp³-hybridized carbons (Fsp3) is 0.438. The highest BCUT2D eigenvalue weighted by Gasteiger charge is 2.33. The number of hydrogen-bond acceptors (Lipinski definition) is 3. The fourth-order valence-corrected chi connectivity index (χ4v) is 3.11. The molecule has 1 amide bonds. The molecule has 4 nitrogen and oxygen atoms in total. The van der Waals surface area contributed by atoms with E-state index in [1.54, 1.807) is 30.0 Å². The molecule has 1 fully saturated rings. The van der Waals surface area contributed by atoms with Crippen molar-refractivity contribution in [1.29, 1.82) is 0 Å². The lowest BCUT2D eigenvalue weighted by Crippen LogP contribution is -2.48. The number of rotatable bonds is 1. The summed E-state index contributed by atoms with van der Waals surface area (Å²) in [5, 5.41) is 11.6. The Morgan fingerprint density at radius 2 is 2.24 bits per heavy atom. The minimum absolute atomic E-state index is 0.167. The monoisotopic (exact) mass is 307 g/mol. The van der Waals surface area contributed by atoms with E-state index in [4.69, 9.17) is 16.0 Å². The Labute approximate surface area is 128 Å². The predicted molar refractivity (Wildman–Crippen MR) is 81.7 cm³/mol. The van der Waals surface area contributed by atoms with Crippen molar-refractivity contribution in [1.82, 2.24) is 4.90 Å². The zero-order chi connectivity index (χ0) is 15.2. The third-order valence-electron chi connectivity index (χ3n) is 4.05. The minimum Gasteiger partial charge on any atom is -0.451 e. The van der Waals surface area contributed by atoms with Crippen LogP contribution in [0.5, 0.6) is 0 Å². The van der Waals surface area contributed by atoms with E-state index in [1.807, 2.05) is 6.92 Å². The average Bonchev–Trinajstić information content (AvgIpc) is 2.74. The summed E-state index contributed by atoms with van der Waals surface area (Å²) in [6.07, 6.45) is 1.51. The third-order valence-corrected chi connectivity index (χ3v) is 4.29. The molecule has 1 aromatic heterocycles. The van der Waals surface area contributed by atoms with E-state index < -0.39 is 5.60 Å². The highest BCUT2D eigenvalue weighted by Crippen LogP contribution is 2.30. The second-order valence-electron chi connectivity index (χ2n) is 6.02. The van der Waals surface area contributed by atoms with Gasteiger partial charge in [0.15, 0.2) is 5.76 Å². The molecular formula is C16H18ClNO3.